The molecule has 122 valence electrons. The zero-order chi connectivity index (χ0) is 16.5. The minimum absolute atomic E-state index is 0.00162. The molecule has 2 aromatic carbocycles. The Labute approximate surface area is 138 Å². The lowest BCUT2D eigenvalue weighted by molar-refractivity contribution is 0.235. The second-order valence-corrected chi connectivity index (χ2v) is 5.76. The third-order valence-corrected chi connectivity index (χ3v) is 3.72. The largest absolute Gasteiger partial charge is 0.337 e. The van der Waals surface area contributed by atoms with Crippen molar-refractivity contribution in [2.24, 2.45) is 0 Å². The van der Waals surface area contributed by atoms with Crippen LogP contribution < -0.4 is 10.6 Å². The number of rotatable bonds is 7. The average molecular weight is 311 g/mol. The van der Waals surface area contributed by atoms with Crippen molar-refractivity contribution in [2.75, 3.05) is 20.1 Å². The van der Waals surface area contributed by atoms with Crippen LogP contribution in [0.15, 0.2) is 60.7 Å². The van der Waals surface area contributed by atoms with Crippen LogP contribution in [0, 0.1) is 0 Å². The van der Waals surface area contributed by atoms with Gasteiger partial charge in [-0.1, -0.05) is 60.7 Å². The zero-order valence-corrected chi connectivity index (χ0v) is 13.8. The predicted molar refractivity (Wildman–Crippen MR) is 94.2 cm³/mol. The van der Waals surface area contributed by atoms with E-state index in [4.69, 9.17) is 0 Å². The molecule has 23 heavy (non-hydrogen) atoms. The minimum Gasteiger partial charge on any atom is -0.337 e. The summed E-state index contributed by atoms with van der Waals surface area (Å²) in [6, 6.07) is 20.1. The number of nitrogens with zero attached hydrogens (tertiary/aromatic N) is 1. The molecule has 0 spiro atoms. The average Bonchev–Trinajstić information content (AvgIpc) is 2.56. The van der Waals surface area contributed by atoms with Crippen molar-refractivity contribution in [2.45, 2.75) is 19.5 Å². The van der Waals surface area contributed by atoms with Crippen molar-refractivity contribution in [3.63, 3.8) is 0 Å². The molecule has 0 heterocycles. The molecule has 2 N–H and O–H groups in total. The van der Waals surface area contributed by atoms with Gasteiger partial charge in [0.2, 0.25) is 0 Å². The number of carbonyl (C=O) groups excluding carboxylic acids is 1. The van der Waals surface area contributed by atoms with Crippen LogP contribution in [0.3, 0.4) is 0 Å². The van der Waals surface area contributed by atoms with Crippen molar-refractivity contribution in [1.29, 1.82) is 0 Å². The predicted octanol–water partition coefficient (Wildman–Crippen LogP) is 3.18. The lowest BCUT2D eigenvalue weighted by Gasteiger charge is -2.18. The van der Waals surface area contributed by atoms with Gasteiger partial charge in [0.1, 0.15) is 0 Å². The van der Waals surface area contributed by atoms with Crippen molar-refractivity contribution in [3.8, 4) is 0 Å². The molecular weight excluding hydrogens is 286 g/mol. The van der Waals surface area contributed by atoms with Gasteiger partial charge >= 0.3 is 6.03 Å². The molecule has 0 aromatic heterocycles. The maximum absolute atomic E-state index is 11.9. The summed E-state index contributed by atoms with van der Waals surface area (Å²) in [6.07, 6.45) is 0. The minimum atomic E-state index is -0.130. The summed E-state index contributed by atoms with van der Waals surface area (Å²) in [5.74, 6) is 0. The smallest absolute Gasteiger partial charge is 0.315 e. The first kappa shape index (κ1) is 17.0. The molecule has 0 radical (unpaired) electrons. The third-order valence-electron chi connectivity index (χ3n) is 3.72. The molecular formula is C19H25N3O. The van der Waals surface area contributed by atoms with E-state index in [1.54, 1.807) is 0 Å². The van der Waals surface area contributed by atoms with Gasteiger partial charge in [0, 0.05) is 19.6 Å². The number of benzene rings is 2. The van der Waals surface area contributed by atoms with Gasteiger partial charge in [0.05, 0.1) is 6.04 Å². The van der Waals surface area contributed by atoms with Crippen molar-refractivity contribution >= 4 is 6.03 Å². The number of nitrogens with one attached hydrogen (secondary N) is 2. The second kappa shape index (κ2) is 8.96. The van der Waals surface area contributed by atoms with Crippen LogP contribution in [0.2, 0.25) is 0 Å². The molecule has 4 heteroatoms. The summed E-state index contributed by atoms with van der Waals surface area (Å²) in [5.41, 5.74) is 2.38. The maximum Gasteiger partial charge on any atom is 0.315 e. The molecule has 0 bridgehead atoms. The summed E-state index contributed by atoms with van der Waals surface area (Å²) in [4.78, 5) is 14.1. The molecule has 4 nitrogen and oxygen atoms in total. The summed E-state index contributed by atoms with van der Waals surface area (Å²) in [5, 5.41) is 5.86. The summed E-state index contributed by atoms with van der Waals surface area (Å²) >= 11 is 0. The van der Waals surface area contributed by atoms with Gasteiger partial charge in [0.15, 0.2) is 0 Å². The molecule has 0 saturated carbocycles. The fraction of sp³-hybridized carbons (Fsp3) is 0.316. The Morgan fingerprint density at radius 3 is 2.30 bits per heavy atom. The lowest BCUT2D eigenvalue weighted by atomic mass is 10.1. The lowest BCUT2D eigenvalue weighted by Crippen LogP contribution is -2.40. The molecule has 0 saturated heterocycles. The van der Waals surface area contributed by atoms with E-state index in [2.05, 4.69) is 34.7 Å². The molecule has 2 rings (SSSR count). The van der Waals surface area contributed by atoms with E-state index in [1.165, 1.54) is 5.56 Å². The molecule has 0 aliphatic heterocycles. The third kappa shape index (κ3) is 6.12. The highest BCUT2D eigenvalue weighted by molar-refractivity contribution is 5.74. The van der Waals surface area contributed by atoms with Crippen molar-refractivity contribution in [1.82, 2.24) is 15.5 Å². The molecule has 2 aromatic rings. The van der Waals surface area contributed by atoms with E-state index in [0.29, 0.717) is 6.54 Å². The fourth-order valence-corrected chi connectivity index (χ4v) is 2.41. The normalized spacial score (nSPS) is 12.0. The zero-order valence-electron chi connectivity index (χ0n) is 13.8. The van der Waals surface area contributed by atoms with E-state index in [9.17, 15) is 4.79 Å². The molecule has 0 fully saturated rings. The Bertz CT molecular complexity index is 586. The number of likely N-dealkylation sites (N-methyl/N-ethyl adjacent to an activating group) is 1. The van der Waals surface area contributed by atoms with Crippen LogP contribution in [0.4, 0.5) is 4.79 Å². The number of carbonyl (C=O) groups is 1. The van der Waals surface area contributed by atoms with Crippen LogP contribution in [-0.2, 0) is 6.54 Å². The second-order valence-electron chi connectivity index (χ2n) is 5.76. The van der Waals surface area contributed by atoms with E-state index in [1.807, 2.05) is 55.5 Å². The van der Waals surface area contributed by atoms with E-state index in [-0.39, 0.29) is 12.1 Å². The highest BCUT2D eigenvalue weighted by atomic mass is 16.2. The number of hydrogen-bond donors (Lipinski definition) is 2. The summed E-state index contributed by atoms with van der Waals surface area (Å²) in [7, 11) is 2.05. The van der Waals surface area contributed by atoms with E-state index >= 15 is 0 Å². The summed E-state index contributed by atoms with van der Waals surface area (Å²) < 4.78 is 0. The van der Waals surface area contributed by atoms with Crippen LogP contribution in [0.25, 0.3) is 0 Å². The van der Waals surface area contributed by atoms with Crippen LogP contribution in [-0.4, -0.2) is 31.1 Å². The molecule has 1 atom stereocenters. The van der Waals surface area contributed by atoms with Gasteiger partial charge in [-0.25, -0.2) is 4.79 Å². The quantitative estimate of drug-likeness (QED) is 0.825. The highest BCUT2D eigenvalue weighted by Crippen LogP contribution is 2.10. The van der Waals surface area contributed by atoms with Crippen LogP contribution in [0.5, 0.6) is 0 Å². The molecule has 0 aliphatic carbocycles. The first-order valence-corrected chi connectivity index (χ1v) is 7.97. The van der Waals surface area contributed by atoms with Gasteiger partial charge in [-0.3, -0.25) is 0 Å². The van der Waals surface area contributed by atoms with Gasteiger partial charge in [0.25, 0.3) is 0 Å². The maximum atomic E-state index is 11.9. The van der Waals surface area contributed by atoms with Gasteiger partial charge in [-0.05, 0) is 25.1 Å². The van der Waals surface area contributed by atoms with Crippen molar-refractivity contribution < 1.29 is 4.79 Å². The Morgan fingerprint density at radius 2 is 1.65 bits per heavy atom. The molecule has 0 aliphatic rings. The first-order chi connectivity index (χ1) is 11.1. The monoisotopic (exact) mass is 311 g/mol. The number of amides is 2. The van der Waals surface area contributed by atoms with Gasteiger partial charge in [-0.15, -0.1) is 0 Å². The standard InChI is InChI=1S/C19H25N3O/c1-16(18-11-7-4-8-12-18)21-19(23)20-13-14-22(2)15-17-9-5-3-6-10-17/h3-12,16H,13-15H2,1-2H3,(H2,20,21,23). The number of hydrogen-bond acceptors (Lipinski definition) is 2. The SMILES string of the molecule is CC(NC(=O)NCCN(C)Cc1ccccc1)c1ccccc1. The molecule has 1 unspecified atom stereocenters. The Hall–Kier alpha value is -2.33. The Morgan fingerprint density at radius 1 is 1.04 bits per heavy atom. The van der Waals surface area contributed by atoms with Crippen LogP contribution >= 0.6 is 0 Å². The van der Waals surface area contributed by atoms with Crippen LogP contribution in [0.1, 0.15) is 24.1 Å². The Kier molecular flexibility index (Phi) is 6.63. The molecule has 2 amide bonds. The highest BCUT2D eigenvalue weighted by Gasteiger charge is 2.08. The first-order valence-electron chi connectivity index (χ1n) is 7.97. The number of urea groups is 1. The summed E-state index contributed by atoms with van der Waals surface area (Å²) in [6.45, 7) is 4.29. The Balaban J connectivity index is 1.66. The van der Waals surface area contributed by atoms with Crippen molar-refractivity contribution in [3.05, 3.63) is 71.8 Å². The topological polar surface area (TPSA) is 44.4 Å². The fourth-order valence-electron chi connectivity index (χ4n) is 2.41. The van der Waals surface area contributed by atoms with Gasteiger partial charge < -0.3 is 15.5 Å². The van der Waals surface area contributed by atoms with Gasteiger partial charge in [-0.2, -0.15) is 0 Å². The van der Waals surface area contributed by atoms with E-state index in [0.717, 1.165) is 18.7 Å². The van der Waals surface area contributed by atoms with E-state index < -0.39 is 0 Å².